The molecule has 0 bridgehead atoms. The average Bonchev–Trinajstić information content (AvgIpc) is 0.874. The lowest BCUT2D eigenvalue weighted by Crippen LogP contribution is -2.32. The van der Waals surface area contributed by atoms with E-state index in [0.29, 0.717) is 85.4 Å². The van der Waals surface area contributed by atoms with Gasteiger partial charge in [-0.1, -0.05) is 91.0 Å². The molecule has 0 saturated carbocycles. The van der Waals surface area contributed by atoms with E-state index in [4.69, 9.17) is 43.7 Å². The zero-order valence-corrected chi connectivity index (χ0v) is 59.6. The third-order valence-electron chi connectivity index (χ3n) is 15.2. The number of carbonyl (C=O) groups excluding carboxylic acids is 3. The van der Waals surface area contributed by atoms with Crippen molar-refractivity contribution in [1.82, 2.24) is 14.7 Å². The molecule has 0 aromatic heterocycles. The Balaban J connectivity index is 0.000000342. The number of esters is 3. The van der Waals surface area contributed by atoms with Gasteiger partial charge >= 0.3 is 54.9 Å². The van der Waals surface area contributed by atoms with Crippen molar-refractivity contribution in [2.75, 3.05) is 74.4 Å². The fourth-order valence-electron chi connectivity index (χ4n) is 9.79. The highest BCUT2D eigenvalue weighted by Gasteiger charge is 2.33. The van der Waals surface area contributed by atoms with E-state index in [0.717, 1.165) is 21.6 Å². The number of ether oxygens (including phenoxy) is 9. The van der Waals surface area contributed by atoms with Gasteiger partial charge in [-0.3, -0.25) is 38.6 Å². The number of para-hydroxylation sites is 3. The normalized spacial score (nSPS) is 12.3. The summed E-state index contributed by atoms with van der Waals surface area (Å²) in [6, 6.07) is 38.4. The zero-order valence-electron chi connectivity index (χ0n) is 59.6. The number of carboxylic acids is 3. The minimum atomic E-state index is -4.79. The molecule has 594 valence electrons. The van der Waals surface area contributed by atoms with Crippen LogP contribution in [0, 0.1) is 0 Å². The molecule has 21 nitrogen and oxygen atoms in total. The quantitative estimate of drug-likeness (QED) is 0.0139. The summed E-state index contributed by atoms with van der Waals surface area (Å²) in [6.07, 6.45) is -15.1. The van der Waals surface area contributed by atoms with Gasteiger partial charge < -0.3 is 62.9 Å². The van der Waals surface area contributed by atoms with Gasteiger partial charge in [-0.05, 0) is 155 Å². The molecule has 0 aliphatic rings. The Morgan fingerprint density at radius 1 is 0.389 bits per heavy atom. The van der Waals surface area contributed by atoms with Crippen LogP contribution in [-0.4, -0.2) is 184 Å². The number of hydrogen-bond acceptors (Lipinski definition) is 18. The third-order valence-corrected chi connectivity index (χ3v) is 15.2. The fraction of sp³-hybridized carbons (Fsp3) is 0.440. The molecule has 6 rings (SSSR count). The smallest absolute Gasteiger partial charge is 0.489 e. The molecule has 0 aliphatic heterocycles. The number of aryl methyl sites for hydroxylation is 6. The van der Waals surface area contributed by atoms with Gasteiger partial charge in [0, 0.05) is 38.9 Å². The molecule has 0 heterocycles. The number of carbonyl (C=O) groups is 6. The van der Waals surface area contributed by atoms with Crippen LogP contribution in [0.4, 0.5) is 52.7 Å². The van der Waals surface area contributed by atoms with Gasteiger partial charge in [-0.25, -0.2) is 4.39 Å². The predicted molar refractivity (Wildman–Crippen MR) is 367 cm³/mol. The topological polar surface area (TPSA) is 256 Å². The summed E-state index contributed by atoms with van der Waals surface area (Å²) in [5, 5.41) is 26.2. The highest BCUT2D eigenvalue weighted by atomic mass is 19.4. The Kier molecular flexibility index (Phi) is 39.3. The van der Waals surface area contributed by atoms with E-state index < -0.39 is 93.0 Å². The van der Waals surface area contributed by atoms with Crippen molar-refractivity contribution in [3.8, 4) is 34.5 Å². The van der Waals surface area contributed by atoms with E-state index in [-0.39, 0.29) is 95.1 Å². The van der Waals surface area contributed by atoms with Crippen molar-refractivity contribution in [3.63, 3.8) is 0 Å². The van der Waals surface area contributed by atoms with Crippen molar-refractivity contribution in [2.45, 2.75) is 140 Å². The molecule has 6 aromatic carbocycles. The van der Waals surface area contributed by atoms with Crippen LogP contribution in [-0.2, 0) is 81.5 Å². The van der Waals surface area contributed by atoms with E-state index >= 15 is 0 Å². The predicted octanol–water partition coefficient (Wildman–Crippen LogP) is 14.3. The van der Waals surface area contributed by atoms with E-state index in [1.54, 1.807) is 79.8 Å². The monoisotopic (exact) mass is 1550 g/mol. The number of benzene rings is 6. The first-order valence-corrected chi connectivity index (χ1v) is 33.8. The third kappa shape index (κ3) is 40.6. The van der Waals surface area contributed by atoms with Crippen LogP contribution in [0.2, 0.25) is 0 Å². The maximum Gasteiger partial charge on any atom is 0.573 e. The number of hydrogen-bond donors (Lipinski definition) is 3. The number of halogens is 12. The van der Waals surface area contributed by atoms with Crippen LogP contribution in [0.25, 0.3) is 0 Å². The van der Waals surface area contributed by atoms with E-state index in [1.165, 1.54) is 66.5 Å². The van der Waals surface area contributed by atoms with Gasteiger partial charge in [0.05, 0.1) is 38.5 Å². The van der Waals surface area contributed by atoms with Crippen molar-refractivity contribution in [1.29, 1.82) is 0 Å². The Hall–Kier alpha value is -10.0. The van der Waals surface area contributed by atoms with E-state index in [2.05, 4.69) is 14.2 Å². The molecule has 3 atom stereocenters. The van der Waals surface area contributed by atoms with Crippen LogP contribution in [0.15, 0.2) is 146 Å². The molecule has 0 fully saturated rings. The first-order valence-electron chi connectivity index (χ1n) is 33.8. The Labute approximate surface area is 616 Å². The summed E-state index contributed by atoms with van der Waals surface area (Å²) < 4.78 is 196. The Bertz CT molecular complexity index is 3720. The van der Waals surface area contributed by atoms with Gasteiger partial charge in [0.1, 0.15) is 79.4 Å². The van der Waals surface area contributed by atoms with Crippen LogP contribution in [0.5, 0.6) is 34.5 Å². The number of alkyl halides is 12. The van der Waals surface area contributed by atoms with Gasteiger partial charge in [-0.2, -0.15) is 8.78 Å². The van der Waals surface area contributed by atoms with E-state index in [9.17, 15) is 81.5 Å². The van der Waals surface area contributed by atoms with Crippen molar-refractivity contribution in [3.05, 3.63) is 179 Å². The minimum Gasteiger partial charge on any atom is -0.489 e. The molecule has 3 unspecified atom stereocenters. The molecule has 3 N–H and O–H groups in total. The molecule has 33 heteroatoms. The standard InChI is InChI=1S/C25H28F5NO6.C25H29F4NO6.C25H30F3NO6/c1-31(24(26)27)14-13-20(36-23(34)12-11-22(32)33)16-35-21-8-3-2-6-18(21)10-9-17-5-4-7-19(15-17)37-25(28,29)30;1-30(17-26)14-13-21(35-24(33)12-11-23(31)32)16-34-22-8-3-2-6-19(22)10-9-18-5-4-7-20(15-18)36-25(27,28)29;1-29(2)15-14-21(34-24(32)13-12-23(30)31)17-33-22-9-4-3-7-19(22)11-10-18-6-5-8-20(16-18)35-25(26,27)28/h2-8,15,20,24H,9-14,16H2,1H3,(H,32,33);2-8,15,21H,9-14,16-17H2,1H3,(H,31,32);3-9,16,21H,10-15,17H2,1-2H3,(H,30,31). The molecular weight excluding hydrogens is 1460 g/mol. The molecule has 108 heavy (non-hydrogen) atoms. The molecule has 0 amide bonds. The largest absolute Gasteiger partial charge is 0.573 e. The average molecular weight is 1550 g/mol. The van der Waals surface area contributed by atoms with Gasteiger partial charge in [0.2, 0.25) is 0 Å². The molecular formula is C75H87F12N3O18. The first kappa shape index (κ1) is 90.4. The molecule has 0 aliphatic carbocycles. The summed E-state index contributed by atoms with van der Waals surface area (Å²) in [7, 11) is 6.54. The first-order chi connectivity index (χ1) is 51.0. The minimum absolute atomic E-state index is 0.0216. The highest BCUT2D eigenvalue weighted by Crippen LogP contribution is 2.30. The summed E-state index contributed by atoms with van der Waals surface area (Å²) in [5.74, 6) is -4.84. The molecule has 0 radical (unpaired) electrons. The summed E-state index contributed by atoms with van der Waals surface area (Å²) in [5.41, 5.74) is 4.29. The summed E-state index contributed by atoms with van der Waals surface area (Å²) in [4.78, 5) is 72.2. The van der Waals surface area contributed by atoms with Crippen LogP contribution in [0.1, 0.15) is 91.2 Å². The van der Waals surface area contributed by atoms with Crippen LogP contribution < -0.4 is 28.4 Å². The zero-order chi connectivity index (χ0) is 79.8. The lowest BCUT2D eigenvalue weighted by molar-refractivity contribution is -0.275. The maximum atomic E-state index is 12.8. The Morgan fingerprint density at radius 2 is 0.685 bits per heavy atom. The Morgan fingerprint density at radius 3 is 0.963 bits per heavy atom. The molecule has 6 aromatic rings. The fourth-order valence-corrected chi connectivity index (χ4v) is 9.79. The van der Waals surface area contributed by atoms with Crippen LogP contribution in [0.3, 0.4) is 0 Å². The second-order valence-electron chi connectivity index (χ2n) is 24.5. The number of aliphatic carboxylic acids is 3. The molecule has 0 spiro atoms. The van der Waals surface area contributed by atoms with Gasteiger partial charge in [0.25, 0.3) is 6.55 Å². The maximum absolute atomic E-state index is 12.8. The SMILES string of the molecule is CN(C)CCC(COc1ccccc1CCc1cccc(OC(F)(F)F)c1)OC(=O)CCC(=O)O.CN(CCC(COc1ccccc1CCc1cccc(OC(F)(F)F)c1)OC(=O)CCC(=O)O)C(F)F.CN(CF)CCC(COc1ccccc1CCc1cccc(OC(F)(F)F)c1)OC(=O)CCC(=O)O. The second-order valence-corrected chi connectivity index (χ2v) is 24.5. The molecule has 0 saturated heterocycles. The second kappa shape index (κ2) is 46.9. The highest BCUT2D eigenvalue weighted by molar-refractivity contribution is 5.78. The number of carboxylic acid groups (broad SMARTS) is 3. The van der Waals surface area contributed by atoms with Gasteiger partial charge in [0.15, 0.2) is 0 Å². The van der Waals surface area contributed by atoms with Gasteiger partial charge in [-0.15, -0.1) is 39.5 Å². The number of nitrogens with zero attached hydrogens (tertiary/aromatic N) is 3. The van der Waals surface area contributed by atoms with Crippen molar-refractivity contribution in [2.24, 2.45) is 0 Å². The lowest BCUT2D eigenvalue weighted by Gasteiger charge is -2.22. The lowest BCUT2D eigenvalue weighted by atomic mass is 10.0. The number of rotatable bonds is 44. The summed E-state index contributed by atoms with van der Waals surface area (Å²) >= 11 is 0. The van der Waals surface area contributed by atoms with Crippen molar-refractivity contribution < 1.29 is 139 Å². The van der Waals surface area contributed by atoms with Crippen LogP contribution >= 0.6 is 0 Å². The van der Waals surface area contributed by atoms with E-state index in [1.807, 2.05) is 37.2 Å². The van der Waals surface area contributed by atoms with Crippen molar-refractivity contribution >= 4 is 35.8 Å². The summed E-state index contributed by atoms with van der Waals surface area (Å²) in [6.45, 7) is -2.68.